The Morgan fingerprint density at radius 2 is 1.95 bits per heavy atom. The van der Waals surface area contributed by atoms with Crippen LogP contribution in [-0.4, -0.2) is 14.5 Å². The van der Waals surface area contributed by atoms with E-state index in [1.807, 2.05) is 18.5 Å². The van der Waals surface area contributed by atoms with Gasteiger partial charge in [0.1, 0.15) is 11.3 Å². The lowest BCUT2D eigenvalue weighted by Gasteiger charge is -2.31. The molecule has 21 heavy (non-hydrogen) atoms. The van der Waals surface area contributed by atoms with E-state index in [0.29, 0.717) is 5.92 Å². The van der Waals surface area contributed by atoms with E-state index >= 15 is 0 Å². The van der Waals surface area contributed by atoms with Gasteiger partial charge < -0.3 is 10.3 Å². The van der Waals surface area contributed by atoms with E-state index in [-0.39, 0.29) is 11.6 Å². The van der Waals surface area contributed by atoms with Crippen LogP contribution in [0.3, 0.4) is 0 Å². The fraction of sp³-hybridized carbons (Fsp3) is 0.647. The highest BCUT2D eigenvalue weighted by atomic mass is 15.2. The number of nitrogens with zero attached hydrogens (tertiary/aromatic N) is 3. The van der Waals surface area contributed by atoms with Gasteiger partial charge in [0.25, 0.3) is 0 Å². The zero-order valence-electron chi connectivity index (χ0n) is 13.3. The van der Waals surface area contributed by atoms with Crippen LogP contribution in [0.25, 0.3) is 11.0 Å². The predicted molar refractivity (Wildman–Crippen MR) is 86.0 cm³/mol. The molecular weight excluding hydrogens is 260 g/mol. The van der Waals surface area contributed by atoms with E-state index in [1.165, 1.54) is 32.1 Å². The number of hydrogen-bond acceptors (Lipinski definition) is 3. The van der Waals surface area contributed by atoms with E-state index in [1.54, 1.807) is 0 Å². The molecule has 2 aromatic heterocycles. The van der Waals surface area contributed by atoms with Gasteiger partial charge in [0.2, 0.25) is 0 Å². The Labute approximate surface area is 126 Å². The molecule has 1 fully saturated rings. The van der Waals surface area contributed by atoms with E-state index in [2.05, 4.69) is 30.3 Å². The average molecular weight is 286 g/mol. The van der Waals surface area contributed by atoms with Crippen LogP contribution >= 0.6 is 0 Å². The van der Waals surface area contributed by atoms with Gasteiger partial charge >= 0.3 is 0 Å². The Morgan fingerprint density at radius 1 is 1.24 bits per heavy atom. The van der Waals surface area contributed by atoms with Crippen molar-refractivity contribution in [2.24, 2.45) is 11.7 Å². The monoisotopic (exact) mass is 286 g/mol. The number of pyridine rings is 1. The van der Waals surface area contributed by atoms with Gasteiger partial charge in [-0.3, -0.25) is 4.98 Å². The summed E-state index contributed by atoms with van der Waals surface area (Å²) in [7, 11) is 0. The fourth-order valence-corrected chi connectivity index (χ4v) is 3.58. The third kappa shape index (κ3) is 2.69. The average Bonchev–Trinajstić information content (AvgIpc) is 2.86. The smallest absolute Gasteiger partial charge is 0.127 e. The minimum atomic E-state index is -0.0300. The van der Waals surface area contributed by atoms with Gasteiger partial charge in [-0.25, -0.2) is 4.98 Å². The van der Waals surface area contributed by atoms with Crippen molar-refractivity contribution < 1.29 is 0 Å². The summed E-state index contributed by atoms with van der Waals surface area (Å²) in [5, 5.41) is 0. The minimum absolute atomic E-state index is 0.0249. The Bertz CT molecular complexity index is 617. The molecular formula is C17H26N4. The van der Waals surface area contributed by atoms with Crippen molar-refractivity contribution in [3.63, 3.8) is 0 Å². The molecule has 2 N–H and O–H groups in total. The minimum Gasteiger partial charge on any atom is -0.321 e. The maximum atomic E-state index is 6.63. The van der Waals surface area contributed by atoms with Crippen molar-refractivity contribution in [3.8, 4) is 0 Å². The number of fused-ring (bicyclic) bond motifs is 1. The van der Waals surface area contributed by atoms with Gasteiger partial charge in [0, 0.05) is 11.7 Å². The van der Waals surface area contributed by atoms with E-state index in [0.717, 1.165) is 16.9 Å². The molecule has 2 heterocycles. The van der Waals surface area contributed by atoms with Crippen LogP contribution in [0.2, 0.25) is 0 Å². The molecule has 1 aliphatic rings. The maximum absolute atomic E-state index is 6.63. The van der Waals surface area contributed by atoms with E-state index in [4.69, 9.17) is 10.7 Å². The van der Waals surface area contributed by atoms with Crippen LogP contribution in [0, 0.1) is 5.92 Å². The molecule has 0 amide bonds. The largest absolute Gasteiger partial charge is 0.321 e. The molecule has 0 saturated heterocycles. The second-order valence-electron chi connectivity index (χ2n) is 7.26. The molecule has 0 aromatic carbocycles. The van der Waals surface area contributed by atoms with Crippen molar-refractivity contribution in [1.29, 1.82) is 0 Å². The lowest BCUT2D eigenvalue weighted by Crippen LogP contribution is -2.31. The van der Waals surface area contributed by atoms with Crippen molar-refractivity contribution >= 4 is 11.0 Å². The number of nitrogens with two attached hydrogens (primary N) is 1. The number of hydrogen-bond donors (Lipinski definition) is 1. The Balaban J connectivity index is 2.08. The summed E-state index contributed by atoms with van der Waals surface area (Å²) in [5.41, 5.74) is 8.69. The third-order valence-corrected chi connectivity index (χ3v) is 4.61. The topological polar surface area (TPSA) is 56.7 Å². The number of aromatic nitrogens is 3. The zero-order valence-corrected chi connectivity index (χ0v) is 13.3. The van der Waals surface area contributed by atoms with Crippen LogP contribution in [0.1, 0.15) is 64.7 Å². The Kier molecular flexibility index (Phi) is 3.74. The highest BCUT2D eigenvalue weighted by Crippen LogP contribution is 2.35. The Hall–Kier alpha value is -1.42. The van der Waals surface area contributed by atoms with Gasteiger partial charge in [0.15, 0.2) is 0 Å². The molecule has 3 rings (SSSR count). The van der Waals surface area contributed by atoms with Crippen LogP contribution in [0.15, 0.2) is 18.5 Å². The molecule has 1 unspecified atom stereocenters. The fourth-order valence-electron chi connectivity index (χ4n) is 3.58. The van der Waals surface area contributed by atoms with Gasteiger partial charge in [-0.05, 0) is 45.6 Å². The number of imidazole rings is 1. The highest BCUT2D eigenvalue weighted by molar-refractivity contribution is 5.75. The summed E-state index contributed by atoms with van der Waals surface area (Å²) in [4.78, 5) is 9.03. The van der Waals surface area contributed by atoms with Crippen LogP contribution in [-0.2, 0) is 5.54 Å². The molecule has 0 bridgehead atoms. The summed E-state index contributed by atoms with van der Waals surface area (Å²) >= 11 is 0. The van der Waals surface area contributed by atoms with Crippen molar-refractivity contribution in [2.75, 3.05) is 0 Å². The zero-order chi connectivity index (χ0) is 15.0. The molecule has 1 atom stereocenters. The first-order valence-electron chi connectivity index (χ1n) is 8.07. The van der Waals surface area contributed by atoms with Crippen LogP contribution < -0.4 is 5.73 Å². The molecule has 4 heteroatoms. The highest BCUT2D eigenvalue weighted by Gasteiger charge is 2.30. The molecule has 0 aliphatic heterocycles. The quantitative estimate of drug-likeness (QED) is 0.914. The molecule has 0 radical (unpaired) electrons. The molecule has 0 spiro atoms. The molecule has 114 valence electrons. The first-order valence-corrected chi connectivity index (χ1v) is 8.07. The van der Waals surface area contributed by atoms with E-state index < -0.39 is 0 Å². The van der Waals surface area contributed by atoms with E-state index in [9.17, 15) is 0 Å². The maximum Gasteiger partial charge on any atom is 0.127 e. The summed E-state index contributed by atoms with van der Waals surface area (Å²) in [6.07, 6.45) is 10.1. The van der Waals surface area contributed by atoms with Crippen LogP contribution in [0.5, 0.6) is 0 Å². The second-order valence-corrected chi connectivity index (χ2v) is 7.26. The first-order chi connectivity index (χ1) is 9.98. The molecule has 1 aliphatic carbocycles. The first kappa shape index (κ1) is 14.5. The standard InChI is InChI=1S/C17H26N4/c1-17(2,3)21-14-9-10-19-11-13(14)20-16(21)15(18)12-7-5-4-6-8-12/h9-12,15H,4-8,18H2,1-3H3. The number of rotatable bonds is 2. The predicted octanol–water partition coefficient (Wildman–Crippen LogP) is 3.77. The molecule has 4 nitrogen and oxygen atoms in total. The summed E-state index contributed by atoms with van der Waals surface area (Å²) in [6, 6.07) is 2.07. The lowest BCUT2D eigenvalue weighted by molar-refractivity contribution is 0.283. The normalized spacial score (nSPS) is 19.0. The van der Waals surface area contributed by atoms with Crippen molar-refractivity contribution in [1.82, 2.24) is 14.5 Å². The van der Waals surface area contributed by atoms with Crippen molar-refractivity contribution in [2.45, 2.75) is 64.5 Å². The van der Waals surface area contributed by atoms with Gasteiger partial charge in [-0.2, -0.15) is 0 Å². The van der Waals surface area contributed by atoms with Crippen LogP contribution in [0.4, 0.5) is 0 Å². The summed E-state index contributed by atoms with van der Waals surface area (Å²) < 4.78 is 2.31. The lowest BCUT2D eigenvalue weighted by atomic mass is 9.83. The second kappa shape index (κ2) is 5.41. The summed E-state index contributed by atoms with van der Waals surface area (Å²) in [6.45, 7) is 6.64. The van der Waals surface area contributed by atoms with Gasteiger partial charge in [0.05, 0.1) is 17.8 Å². The Morgan fingerprint density at radius 3 is 2.62 bits per heavy atom. The molecule has 1 saturated carbocycles. The van der Waals surface area contributed by atoms with Gasteiger partial charge in [-0.1, -0.05) is 19.3 Å². The van der Waals surface area contributed by atoms with Crippen molar-refractivity contribution in [3.05, 3.63) is 24.3 Å². The van der Waals surface area contributed by atoms with Gasteiger partial charge in [-0.15, -0.1) is 0 Å². The third-order valence-electron chi connectivity index (χ3n) is 4.61. The summed E-state index contributed by atoms with van der Waals surface area (Å²) in [5.74, 6) is 1.59. The SMILES string of the molecule is CC(C)(C)n1c(C(N)C2CCCCC2)nc2cnccc21. The molecule has 2 aromatic rings.